The Hall–Kier alpha value is -3.66. The molecule has 0 amide bonds. The molecule has 7 nitrogen and oxygen atoms in total. The largest absolute Gasteiger partial charge is 0.573 e. The molecule has 1 aliphatic rings. The molecule has 1 aliphatic heterocycles. The SMILES string of the molecule is FC(F)(F)Oc1ccccc1-c1noc([C@@H]2CCCN2Cc2ccccc2-c2ncco2)n1. The van der Waals surface area contributed by atoms with Crippen molar-refractivity contribution in [1.82, 2.24) is 20.0 Å². The van der Waals surface area contributed by atoms with Crippen molar-refractivity contribution in [1.29, 1.82) is 0 Å². The van der Waals surface area contributed by atoms with Crippen molar-refractivity contribution in [2.24, 2.45) is 0 Å². The molecule has 2 aromatic heterocycles. The van der Waals surface area contributed by atoms with Gasteiger partial charge in [0.15, 0.2) is 0 Å². The summed E-state index contributed by atoms with van der Waals surface area (Å²) in [6.45, 7) is 1.42. The second-order valence-corrected chi connectivity index (χ2v) is 7.62. The monoisotopic (exact) mass is 456 g/mol. The maximum Gasteiger partial charge on any atom is 0.573 e. The first-order valence-corrected chi connectivity index (χ1v) is 10.4. The normalized spacial score (nSPS) is 16.9. The Morgan fingerprint density at radius 2 is 1.85 bits per heavy atom. The molecule has 10 heteroatoms. The van der Waals surface area contributed by atoms with E-state index in [4.69, 9.17) is 8.94 Å². The zero-order valence-corrected chi connectivity index (χ0v) is 17.3. The molecular weight excluding hydrogens is 437 g/mol. The lowest BCUT2D eigenvalue weighted by atomic mass is 10.1. The van der Waals surface area contributed by atoms with Crippen LogP contribution in [0.1, 0.15) is 30.3 Å². The highest BCUT2D eigenvalue weighted by molar-refractivity contribution is 5.63. The van der Waals surface area contributed by atoms with Gasteiger partial charge >= 0.3 is 6.36 Å². The number of benzene rings is 2. The Morgan fingerprint density at radius 3 is 2.64 bits per heavy atom. The summed E-state index contributed by atoms with van der Waals surface area (Å²) in [5.41, 5.74) is 2.05. The van der Waals surface area contributed by atoms with Crippen molar-refractivity contribution in [3.05, 3.63) is 72.4 Å². The predicted octanol–water partition coefficient (Wildman–Crippen LogP) is 5.63. The van der Waals surface area contributed by atoms with E-state index in [1.807, 2.05) is 24.3 Å². The molecule has 2 aromatic carbocycles. The second-order valence-electron chi connectivity index (χ2n) is 7.62. The molecule has 0 bridgehead atoms. The Labute approximate surface area is 186 Å². The first-order valence-electron chi connectivity index (χ1n) is 10.4. The van der Waals surface area contributed by atoms with E-state index in [2.05, 4.69) is 24.8 Å². The first kappa shape index (κ1) is 21.2. The number of likely N-dealkylation sites (tertiary alicyclic amines) is 1. The van der Waals surface area contributed by atoms with Crippen molar-refractivity contribution in [2.45, 2.75) is 31.8 Å². The van der Waals surface area contributed by atoms with Gasteiger partial charge < -0.3 is 13.7 Å². The third-order valence-electron chi connectivity index (χ3n) is 5.50. The van der Waals surface area contributed by atoms with E-state index in [0.717, 1.165) is 30.5 Å². The lowest BCUT2D eigenvalue weighted by molar-refractivity contribution is -0.274. The van der Waals surface area contributed by atoms with E-state index < -0.39 is 6.36 Å². The van der Waals surface area contributed by atoms with Gasteiger partial charge in [0, 0.05) is 12.1 Å². The molecule has 5 rings (SSSR count). The van der Waals surface area contributed by atoms with Crippen LogP contribution >= 0.6 is 0 Å². The fraction of sp³-hybridized carbons (Fsp3) is 0.261. The molecular formula is C23H19F3N4O3. The number of hydrogen-bond acceptors (Lipinski definition) is 7. The number of alkyl halides is 3. The van der Waals surface area contributed by atoms with Crippen LogP contribution in [-0.2, 0) is 6.54 Å². The highest BCUT2D eigenvalue weighted by Gasteiger charge is 2.34. The van der Waals surface area contributed by atoms with Crippen molar-refractivity contribution in [3.8, 4) is 28.6 Å². The van der Waals surface area contributed by atoms with Gasteiger partial charge in [0.1, 0.15) is 12.0 Å². The van der Waals surface area contributed by atoms with E-state index in [1.165, 1.54) is 24.5 Å². The molecule has 0 unspecified atom stereocenters. The van der Waals surface area contributed by atoms with Gasteiger partial charge in [-0.15, -0.1) is 13.2 Å². The zero-order valence-electron chi connectivity index (χ0n) is 17.3. The van der Waals surface area contributed by atoms with Crippen LogP contribution < -0.4 is 4.74 Å². The quantitative estimate of drug-likeness (QED) is 0.372. The molecule has 1 fully saturated rings. The minimum Gasteiger partial charge on any atom is -0.445 e. The molecule has 4 aromatic rings. The molecule has 170 valence electrons. The second kappa shape index (κ2) is 8.70. The maximum absolute atomic E-state index is 12.8. The molecule has 3 heterocycles. The third-order valence-corrected chi connectivity index (χ3v) is 5.50. The summed E-state index contributed by atoms with van der Waals surface area (Å²) in [5, 5.41) is 3.94. The number of aromatic nitrogens is 3. The van der Waals surface area contributed by atoms with Crippen molar-refractivity contribution in [3.63, 3.8) is 0 Å². The van der Waals surface area contributed by atoms with Crippen LogP contribution in [0.2, 0.25) is 0 Å². The summed E-state index contributed by atoms with van der Waals surface area (Å²) in [6, 6.07) is 13.4. The number of oxazole rings is 1. The van der Waals surface area contributed by atoms with Crippen molar-refractivity contribution in [2.75, 3.05) is 6.54 Å². The van der Waals surface area contributed by atoms with Crippen LogP contribution in [0.15, 0.2) is 69.9 Å². The Balaban J connectivity index is 1.39. The maximum atomic E-state index is 12.8. The standard InChI is InChI=1S/C23H19F3N4O3/c24-23(25,26)32-19-10-4-3-8-17(19)20-28-22(33-29-20)18-9-5-12-30(18)14-15-6-1-2-7-16(15)21-27-11-13-31-21/h1-4,6-8,10-11,13,18H,5,9,12,14H2/t18-/m0/s1. The van der Waals surface area contributed by atoms with E-state index in [-0.39, 0.29) is 23.2 Å². The molecule has 0 saturated carbocycles. The van der Waals surface area contributed by atoms with E-state index in [9.17, 15) is 13.2 Å². The number of rotatable bonds is 6. The summed E-state index contributed by atoms with van der Waals surface area (Å²) >= 11 is 0. The van der Waals surface area contributed by atoms with Gasteiger partial charge in [0.2, 0.25) is 17.6 Å². The third kappa shape index (κ3) is 4.61. The van der Waals surface area contributed by atoms with E-state index in [1.54, 1.807) is 12.3 Å². The number of hydrogen-bond donors (Lipinski definition) is 0. The number of para-hydroxylation sites is 1. The van der Waals surface area contributed by atoms with Gasteiger partial charge in [-0.25, -0.2) is 4.98 Å². The van der Waals surface area contributed by atoms with Gasteiger partial charge in [-0.3, -0.25) is 4.90 Å². The van der Waals surface area contributed by atoms with Crippen LogP contribution in [0.4, 0.5) is 13.2 Å². The lowest BCUT2D eigenvalue weighted by Gasteiger charge is -2.22. The highest BCUT2D eigenvalue weighted by atomic mass is 19.4. The predicted molar refractivity (Wildman–Crippen MR) is 111 cm³/mol. The van der Waals surface area contributed by atoms with Crippen LogP contribution in [0.25, 0.3) is 22.8 Å². The first-order chi connectivity index (χ1) is 16.0. The van der Waals surface area contributed by atoms with Crippen LogP contribution in [0.3, 0.4) is 0 Å². The Morgan fingerprint density at radius 1 is 1.06 bits per heavy atom. The average molecular weight is 456 g/mol. The Bertz CT molecular complexity index is 1220. The Kier molecular flexibility index (Phi) is 5.59. The molecule has 0 spiro atoms. The minimum absolute atomic E-state index is 0.0527. The summed E-state index contributed by atoms with van der Waals surface area (Å²) in [5.74, 6) is 0.581. The van der Waals surface area contributed by atoms with Crippen LogP contribution in [0.5, 0.6) is 5.75 Å². The van der Waals surface area contributed by atoms with Crippen molar-refractivity contribution >= 4 is 0 Å². The number of ether oxygens (including phenoxy) is 1. The summed E-state index contributed by atoms with van der Waals surface area (Å²) in [7, 11) is 0. The molecule has 1 saturated heterocycles. The average Bonchev–Trinajstić information content (AvgIpc) is 3.55. The number of halogens is 3. The zero-order chi connectivity index (χ0) is 22.8. The van der Waals surface area contributed by atoms with Gasteiger partial charge in [0.25, 0.3) is 0 Å². The van der Waals surface area contributed by atoms with Gasteiger partial charge in [0.05, 0.1) is 17.8 Å². The van der Waals surface area contributed by atoms with Crippen LogP contribution in [0, 0.1) is 0 Å². The summed E-state index contributed by atoms with van der Waals surface area (Å²) < 4.78 is 53.4. The summed E-state index contributed by atoms with van der Waals surface area (Å²) in [4.78, 5) is 10.9. The van der Waals surface area contributed by atoms with Gasteiger partial charge in [-0.05, 0) is 43.1 Å². The van der Waals surface area contributed by atoms with Crippen molar-refractivity contribution < 1.29 is 26.8 Å². The summed E-state index contributed by atoms with van der Waals surface area (Å²) in [6.07, 6.45) is 0.0398. The lowest BCUT2D eigenvalue weighted by Crippen LogP contribution is -2.23. The van der Waals surface area contributed by atoms with E-state index >= 15 is 0 Å². The topological polar surface area (TPSA) is 77.4 Å². The molecule has 33 heavy (non-hydrogen) atoms. The molecule has 0 radical (unpaired) electrons. The molecule has 0 N–H and O–H groups in total. The minimum atomic E-state index is -4.82. The van der Waals surface area contributed by atoms with E-state index in [0.29, 0.717) is 18.3 Å². The molecule has 0 aliphatic carbocycles. The van der Waals surface area contributed by atoms with Crippen LogP contribution in [-0.4, -0.2) is 32.9 Å². The number of nitrogens with zero attached hydrogens (tertiary/aromatic N) is 4. The molecule has 1 atom stereocenters. The smallest absolute Gasteiger partial charge is 0.445 e. The fourth-order valence-electron chi connectivity index (χ4n) is 4.08. The highest BCUT2D eigenvalue weighted by Crippen LogP contribution is 2.37. The fourth-order valence-corrected chi connectivity index (χ4v) is 4.08. The van der Waals surface area contributed by atoms with Gasteiger partial charge in [-0.2, -0.15) is 4.98 Å². The van der Waals surface area contributed by atoms with Gasteiger partial charge in [-0.1, -0.05) is 35.5 Å².